The second-order valence-corrected chi connectivity index (χ2v) is 5.21. The highest BCUT2D eigenvalue weighted by molar-refractivity contribution is 8.00. The van der Waals surface area contributed by atoms with Gasteiger partial charge >= 0.3 is 5.51 Å². The van der Waals surface area contributed by atoms with Gasteiger partial charge in [0.1, 0.15) is 6.29 Å². The summed E-state index contributed by atoms with van der Waals surface area (Å²) < 4.78 is 36.6. The van der Waals surface area contributed by atoms with Crippen molar-refractivity contribution in [1.82, 2.24) is 0 Å². The van der Waals surface area contributed by atoms with Gasteiger partial charge in [-0.25, -0.2) is 0 Å². The first-order valence-corrected chi connectivity index (χ1v) is 6.86. The van der Waals surface area contributed by atoms with Gasteiger partial charge in [-0.1, -0.05) is 0 Å². The van der Waals surface area contributed by atoms with E-state index in [1.54, 1.807) is 6.07 Å². The first kappa shape index (κ1) is 14.4. The van der Waals surface area contributed by atoms with Crippen LogP contribution in [-0.4, -0.2) is 18.1 Å². The molecule has 17 heavy (non-hydrogen) atoms. The minimum Gasteiger partial charge on any atom is -0.303 e. The lowest BCUT2D eigenvalue weighted by atomic mass is 10.1. The number of hydrogen-bond acceptors (Lipinski definition) is 3. The smallest absolute Gasteiger partial charge is 0.303 e. The summed E-state index contributed by atoms with van der Waals surface area (Å²) in [5.41, 5.74) is -3.48. The van der Waals surface area contributed by atoms with E-state index in [9.17, 15) is 18.0 Å². The van der Waals surface area contributed by atoms with Crippen molar-refractivity contribution in [2.24, 2.45) is 0 Å². The Hall–Kier alpha value is -0.620. The Morgan fingerprint density at radius 2 is 2.06 bits per heavy atom. The molecule has 0 amide bonds. The molecule has 0 saturated carbocycles. The topological polar surface area (TPSA) is 17.1 Å². The zero-order valence-electron chi connectivity index (χ0n) is 9.08. The molecule has 0 aliphatic carbocycles. The van der Waals surface area contributed by atoms with Crippen molar-refractivity contribution in [2.75, 3.05) is 6.26 Å². The maximum atomic E-state index is 12.2. The lowest BCUT2D eigenvalue weighted by molar-refractivity contribution is -0.107. The molecule has 1 rings (SSSR count). The van der Waals surface area contributed by atoms with E-state index < -0.39 is 5.51 Å². The Balaban J connectivity index is 2.91. The molecular formula is C11H11F3OS2. The van der Waals surface area contributed by atoms with Crippen LogP contribution in [0.15, 0.2) is 28.0 Å². The Kier molecular flexibility index (Phi) is 5.39. The summed E-state index contributed by atoms with van der Waals surface area (Å²) in [5.74, 6) is 0. The molecule has 1 nitrogen and oxygen atoms in total. The van der Waals surface area contributed by atoms with Crippen molar-refractivity contribution in [3.05, 3.63) is 23.8 Å². The lowest BCUT2D eigenvalue weighted by Gasteiger charge is -2.10. The van der Waals surface area contributed by atoms with E-state index in [0.717, 1.165) is 16.7 Å². The largest absolute Gasteiger partial charge is 0.446 e. The van der Waals surface area contributed by atoms with Crippen molar-refractivity contribution in [2.45, 2.75) is 28.1 Å². The minimum absolute atomic E-state index is 0.130. The summed E-state index contributed by atoms with van der Waals surface area (Å²) >= 11 is 1.34. The molecule has 1 aromatic carbocycles. The fourth-order valence-corrected chi connectivity index (χ4v) is 2.59. The van der Waals surface area contributed by atoms with Gasteiger partial charge in [0, 0.05) is 16.2 Å². The normalized spacial score (nSPS) is 11.5. The molecule has 0 bridgehead atoms. The number of rotatable bonds is 5. The van der Waals surface area contributed by atoms with E-state index in [2.05, 4.69) is 0 Å². The molecule has 0 aromatic heterocycles. The van der Waals surface area contributed by atoms with Crippen LogP contribution in [0.2, 0.25) is 0 Å². The summed E-state index contributed by atoms with van der Waals surface area (Å²) in [7, 11) is 0. The number of alkyl halides is 3. The monoisotopic (exact) mass is 280 g/mol. The van der Waals surface area contributed by atoms with Crippen molar-refractivity contribution < 1.29 is 18.0 Å². The first-order valence-electron chi connectivity index (χ1n) is 4.82. The van der Waals surface area contributed by atoms with Gasteiger partial charge < -0.3 is 4.79 Å². The number of hydrogen-bond donors (Lipinski definition) is 0. The Morgan fingerprint density at radius 3 is 2.59 bits per heavy atom. The zero-order valence-corrected chi connectivity index (χ0v) is 10.7. The van der Waals surface area contributed by atoms with E-state index in [1.807, 2.05) is 6.26 Å². The number of thioether (sulfide) groups is 2. The number of carbonyl (C=O) groups is 1. The number of aldehydes is 1. The van der Waals surface area contributed by atoms with Gasteiger partial charge in [-0.05, 0) is 48.2 Å². The molecule has 0 radical (unpaired) electrons. The molecule has 1 aromatic rings. The second kappa shape index (κ2) is 6.35. The Labute approximate surface area is 106 Å². The van der Waals surface area contributed by atoms with Crippen molar-refractivity contribution in [3.8, 4) is 0 Å². The Bertz CT molecular complexity index is 391. The standard InChI is InChI=1S/C11H11F3OS2/c1-16-10-5-4-9(17-11(12,13)14)7-8(10)3-2-6-15/h4-7H,2-3H2,1H3. The van der Waals surface area contributed by atoms with Crippen molar-refractivity contribution in [3.63, 3.8) is 0 Å². The van der Waals surface area contributed by atoms with E-state index in [0.29, 0.717) is 12.8 Å². The number of aryl methyl sites for hydroxylation is 1. The lowest BCUT2D eigenvalue weighted by Crippen LogP contribution is -2.00. The van der Waals surface area contributed by atoms with Crippen LogP contribution >= 0.6 is 23.5 Å². The van der Waals surface area contributed by atoms with Crippen molar-refractivity contribution in [1.29, 1.82) is 0 Å². The summed E-state index contributed by atoms with van der Waals surface area (Å²) in [6.07, 6.45) is 3.43. The number of halogens is 3. The summed E-state index contributed by atoms with van der Waals surface area (Å²) in [6.45, 7) is 0. The molecule has 0 unspecified atom stereocenters. The molecule has 0 spiro atoms. The molecule has 0 fully saturated rings. The predicted octanol–water partition coefficient (Wildman–Crippen LogP) is 4.15. The molecular weight excluding hydrogens is 269 g/mol. The summed E-state index contributed by atoms with van der Waals surface area (Å²) in [5, 5.41) is 0. The number of benzene rings is 1. The third kappa shape index (κ3) is 5.04. The SMILES string of the molecule is CSc1ccc(SC(F)(F)F)cc1CCC=O. The maximum absolute atomic E-state index is 12.2. The molecule has 0 aliphatic rings. The molecule has 0 saturated heterocycles. The fraction of sp³-hybridized carbons (Fsp3) is 0.364. The van der Waals surface area contributed by atoms with Gasteiger partial charge in [-0.15, -0.1) is 11.8 Å². The van der Waals surface area contributed by atoms with E-state index >= 15 is 0 Å². The third-order valence-electron chi connectivity index (χ3n) is 2.02. The van der Waals surface area contributed by atoms with Gasteiger partial charge in [0.05, 0.1) is 0 Å². The van der Waals surface area contributed by atoms with Crippen LogP contribution in [0.4, 0.5) is 13.2 Å². The molecule has 94 valence electrons. The highest BCUT2D eigenvalue weighted by Crippen LogP contribution is 2.38. The van der Waals surface area contributed by atoms with Gasteiger partial charge in [-0.3, -0.25) is 0 Å². The van der Waals surface area contributed by atoms with Crippen LogP contribution < -0.4 is 0 Å². The number of carbonyl (C=O) groups excluding carboxylic acids is 1. The van der Waals surface area contributed by atoms with Crippen LogP contribution in [0.25, 0.3) is 0 Å². The maximum Gasteiger partial charge on any atom is 0.446 e. The van der Waals surface area contributed by atoms with Crippen LogP contribution in [0, 0.1) is 0 Å². The van der Waals surface area contributed by atoms with Crippen LogP contribution in [-0.2, 0) is 11.2 Å². The zero-order chi connectivity index (χ0) is 12.9. The predicted molar refractivity (Wildman–Crippen MR) is 64.5 cm³/mol. The molecule has 0 atom stereocenters. The van der Waals surface area contributed by atoms with Crippen molar-refractivity contribution >= 4 is 29.8 Å². The molecule has 6 heteroatoms. The summed E-state index contributed by atoms with van der Waals surface area (Å²) in [4.78, 5) is 11.4. The average molecular weight is 280 g/mol. The van der Waals surface area contributed by atoms with Gasteiger partial charge in [0.2, 0.25) is 0 Å². The second-order valence-electron chi connectivity index (χ2n) is 3.23. The summed E-state index contributed by atoms with van der Waals surface area (Å²) in [6, 6.07) is 4.63. The average Bonchev–Trinajstić information content (AvgIpc) is 2.24. The molecule has 0 N–H and O–H groups in total. The Morgan fingerprint density at radius 1 is 1.35 bits per heavy atom. The van der Waals surface area contributed by atoms with Crippen LogP contribution in [0.1, 0.15) is 12.0 Å². The third-order valence-corrected chi connectivity index (χ3v) is 3.58. The van der Waals surface area contributed by atoms with Gasteiger partial charge in [0.15, 0.2) is 0 Å². The van der Waals surface area contributed by atoms with Gasteiger partial charge in [-0.2, -0.15) is 13.2 Å². The van der Waals surface area contributed by atoms with E-state index in [1.165, 1.54) is 23.9 Å². The van der Waals surface area contributed by atoms with E-state index in [4.69, 9.17) is 0 Å². The highest BCUT2D eigenvalue weighted by atomic mass is 32.2. The minimum atomic E-state index is -4.27. The quantitative estimate of drug-likeness (QED) is 0.595. The van der Waals surface area contributed by atoms with Gasteiger partial charge in [0.25, 0.3) is 0 Å². The first-order chi connectivity index (χ1) is 7.96. The van der Waals surface area contributed by atoms with Crippen LogP contribution in [0.5, 0.6) is 0 Å². The van der Waals surface area contributed by atoms with E-state index in [-0.39, 0.29) is 16.7 Å². The molecule has 0 heterocycles. The molecule has 0 aliphatic heterocycles. The fourth-order valence-electron chi connectivity index (χ4n) is 1.36. The highest BCUT2D eigenvalue weighted by Gasteiger charge is 2.29. The van der Waals surface area contributed by atoms with Crippen LogP contribution in [0.3, 0.4) is 0 Å².